The molecule has 1 aromatic rings. The van der Waals surface area contributed by atoms with Crippen molar-refractivity contribution in [2.75, 3.05) is 25.5 Å². The Morgan fingerprint density at radius 2 is 2.06 bits per heavy atom. The highest BCUT2D eigenvalue weighted by molar-refractivity contribution is 6.02. The Hall–Kier alpha value is -1.38. The van der Waals surface area contributed by atoms with Crippen LogP contribution in [0.2, 0.25) is 0 Å². The minimum Gasteiger partial charge on any atom is -0.363 e. The topological polar surface area (TPSA) is 28.5 Å². The van der Waals surface area contributed by atoms with Crippen molar-refractivity contribution in [3.63, 3.8) is 0 Å². The first-order chi connectivity index (χ1) is 7.68. The maximum absolute atomic E-state index is 4.60. The van der Waals surface area contributed by atoms with Gasteiger partial charge in [-0.3, -0.25) is 4.99 Å². The molecule has 1 aromatic heterocycles. The molecule has 0 unspecified atom stereocenters. The Morgan fingerprint density at radius 3 is 2.62 bits per heavy atom. The lowest BCUT2D eigenvalue weighted by Gasteiger charge is -2.16. The van der Waals surface area contributed by atoms with Gasteiger partial charge in [-0.05, 0) is 37.8 Å². The minimum absolute atomic E-state index is 0.976. The largest absolute Gasteiger partial charge is 0.363 e. The van der Waals surface area contributed by atoms with Crippen LogP contribution in [0.3, 0.4) is 0 Å². The summed E-state index contributed by atoms with van der Waals surface area (Å²) in [6, 6.07) is 2.13. The summed E-state index contributed by atoms with van der Waals surface area (Å²) in [5.41, 5.74) is 3.74. The molecule has 0 aliphatic carbocycles. The number of aliphatic imine (C=N–C) groups is 1. The molecule has 0 bridgehead atoms. The van der Waals surface area contributed by atoms with Gasteiger partial charge in [0.15, 0.2) is 0 Å². The van der Waals surface area contributed by atoms with E-state index in [0.29, 0.717) is 0 Å². The quantitative estimate of drug-likeness (QED) is 0.761. The number of hydrogen-bond acceptors (Lipinski definition) is 3. The smallest absolute Gasteiger partial charge is 0.128 e. The van der Waals surface area contributed by atoms with Crippen LogP contribution in [-0.2, 0) is 0 Å². The molecule has 0 N–H and O–H groups in total. The van der Waals surface area contributed by atoms with Crippen molar-refractivity contribution in [3.05, 3.63) is 23.4 Å². The van der Waals surface area contributed by atoms with Crippen LogP contribution in [0, 0.1) is 6.92 Å². The first-order valence-electron chi connectivity index (χ1n) is 5.86. The van der Waals surface area contributed by atoms with E-state index in [1.807, 2.05) is 25.2 Å². The second-order valence-corrected chi connectivity index (χ2v) is 4.54. The van der Waals surface area contributed by atoms with Crippen molar-refractivity contribution in [3.8, 4) is 0 Å². The van der Waals surface area contributed by atoms with Crippen molar-refractivity contribution >= 4 is 11.5 Å². The van der Waals surface area contributed by atoms with Crippen LogP contribution in [0.5, 0.6) is 0 Å². The van der Waals surface area contributed by atoms with Crippen molar-refractivity contribution < 1.29 is 0 Å². The van der Waals surface area contributed by atoms with E-state index in [2.05, 4.69) is 23.0 Å². The predicted octanol–water partition coefficient (Wildman–Crippen LogP) is 2.43. The maximum Gasteiger partial charge on any atom is 0.128 e. The summed E-state index contributed by atoms with van der Waals surface area (Å²) < 4.78 is 0. The molecule has 2 heterocycles. The average Bonchev–Trinajstić information content (AvgIpc) is 2.30. The third-order valence-corrected chi connectivity index (χ3v) is 2.99. The highest BCUT2D eigenvalue weighted by atomic mass is 15.1. The molecule has 2 rings (SSSR count). The van der Waals surface area contributed by atoms with Crippen LogP contribution < -0.4 is 4.90 Å². The van der Waals surface area contributed by atoms with Gasteiger partial charge in [0.1, 0.15) is 5.82 Å². The average molecular weight is 217 g/mol. The summed E-state index contributed by atoms with van der Waals surface area (Å²) in [5, 5.41) is 0. The number of anilines is 1. The fourth-order valence-corrected chi connectivity index (χ4v) is 2.01. The van der Waals surface area contributed by atoms with E-state index in [0.717, 1.165) is 18.8 Å². The van der Waals surface area contributed by atoms with Crippen molar-refractivity contribution in [2.45, 2.75) is 26.2 Å². The Morgan fingerprint density at radius 1 is 1.25 bits per heavy atom. The van der Waals surface area contributed by atoms with Crippen molar-refractivity contribution in [1.82, 2.24) is 4.98 Å². The predicted molar refractivity (Wildman–Crippen MR) is 68.6 cm³/mol. The molecular formula is C13H19N3. The minimum atomic E-state index is 0.976. The zero-order valence-electron chi connectivity index (χ0n) is 10.3. The molecule has 16 heavy (non-hydrogen) atoms. The lowest BCUT2D eigenvalue weighted by molar-refractivity contribution is 0.738. The molecule has 0 saturated carbocycles. The fraction of sp³-hybridized carbons (Fsp3) is 0.538. The Balaban J connectivity index is 2.32. The highest BCUT2D eigenvalue weighted by Gasteiger charge is 2.11. The van der Waals surface area contributed by atoms with Gasteiger partial charge in [-0.1, -0.05) is 0 Å². The summed E-state index contributed by atoms with van der Waals surface area (Å²) in [6.07, 6.45) is 5.55. The van der Waals surface area contributed by atoms with Crippen LogP contribution >= 0.6 is 0 Å². The van der Waals surface area contributed by atoms with E-state index in [4.69, 9.17) is 0 Å². The van der Waals surface area contributed by atoms with Gasteiger partial charge in [0.2, 0.25) is 0 Å². The Kier molecular flexibility index (Phi) is 3.22. The number of rotatable bonds is 2. The van der Waals surface area contributed by atoms with Gasteiger partial charge < -0.3 is 4.90 Å². The zero-order valence-corrected chi connectivity index (χ0v) is 10.3. The van der Waals surface area contributed by atoms with E-state index < -0.39 is 0 Å². The third kappa shape index (κ3) is 2.23. The second kappa shape index (κ2) is 4.64. The zero-order chi connectivity index (χ0) is 11.5. The molecule has 0 aromatic carbocycles. The molecule has 1 aliphatic rings. The first-order valence-corrected chi connectivity index (χ1v) is 5.86. The molecule has 0 saturated heterocycles. The molecular weight excluding hydrogens is 198 g/mol. The fourth-order valence-electron chi connectivity index (χ4n) is 2.01. The SMILES string of the molecule is Cc1cc(N(C)C)ncc1C1=NCCCC1. The monoisotopic (exact) mass is 217 g/mol. The molecule has 0 spiro atoms. The van der Waals surface area contributed by atoms with Crippen LogP contribution in [0.4, 0.5) is 5.82 Å². The summed E-state index contributed by atoms with van der Waals surface area (Å²) >= 11 is 0. The van der Waals surface area contributed by atoms with Gasteiger partial charge in [-0.2, -0.15) is 0 Å². The normalized spacial score (nSPS) is 15.8. The number of nitrogens with zero attached hydrogens (tertiary/aromatic N) is 3. The van der Waals surface area contributed by atoms with Crippen molar-refractivity contribution in [1.29, 1.82) is 0 Å². The van der Waals surface area contributed by atoms with Gasteiger partial charge >= 0.3 is 0 Å². The molecule has 0 atom stereocenters. The van der Waals surface area contributed by atoms with E-state index in [-0.39, 0.29) is 0 Å². The standard InChI is InChI=1S/C13H19N3/c1-10-8-13(16(2)3)15-9-11(10)12-6-4-5-7-14-12/h8-9H,4-7H2,1-3H3. The van der Waals surface area contributed by atoms with Gasteiger partial charge in [0, 0.05) is 38.1 Å². The number of hydrogen-bond donors (Lipinski definition) is 0. The van der Waals surface area contributed by atoms with Crippen LogP contribution in [0.1, 0.15) is 30.4 Å². The van der Waals surface area contributed by atoms with Gasteiger partial charge in [-0.15, -0.1) is 0 Å². The first kappa shape index (κ1) is 11.1. The van der Waals surface area contributed by atoms with Gasteiger partial charge in [0.05, 0.1) is 0 Å². The molecule has 0 fully saturated rings. The highest BCUT2D eigenvalue weighted by Crippen LogP contribution is 2.19. The number of pyridine rings is 1. The Labute approximate surface area is 97.2 Å². The molecule has 0 amide bonds. The number of aromatic nitrogens is 1. The van der Waals surface area contributed by atoms with Crippen LogP contribution in [-0.4, -0.2) is 31.3 Å². The summed E-state index contributed by atoms with van der Waals surface area (Å²) in [4.78, 5) is 11.1. The third-order valence-electron chi connectivity index (χ3n) is 2.99. The lowest BCUT2D eigenvalue weighted by atomic mass is 10.00. The number of aryl methyl sites for hydroxylation is 1. The second-order valence-electron chi connectivity index (χ2n) is 4.54. The van der Waals surface area contributed by atoms with E-state index in [1.54, 1.807) is 0 Å². The van der Waals surface area contributed by atoms with Gasteiger partial charge in [0.25, 0.3) is 0 Å². The molecule has 3 nitrogen and oxygen atoms in total. The summed E-state index contributed by atoms with van der Waals surface area (Å²) in [7, 11) is 4.03. The maximum atomic E-state index is 4.60. The molecule has 86 valence electrons. The lowest BCUT2D eigenvalue weighted by Crippen LogP contribution is -2.14. The van der Waals surface area contributed by atoms with Crippen LogP contribution in [0.25, 0.3) is 0 Å². The van der Waals surface area contributed by atoms with Crippen LogP contribution in [0.15, 0.2) is 17.3 Å². The molecule has 3 heteroatoms. The van der Waals surface area contributed by atoms with E-state index in [1.165, 1.54) is 29.7 Å². The summed E-state index contributed by atoms with van der Waals surface area (Å²) in [6.45, 7) is 3.12. The van der Waals surface area contributed by atoms with Gasteiger partial charge in [-0.25, -0.2) is 4.98 Å². The van der Waals surface area contributed by atoms with Crippen molar-refractivity contribution in [2.24, 2.45) is 4.99 Å². The van der Waals surface area contributed by atoms with E-state index in [9.17, 15) is 0 Å². The molecule has 1 aliphatic heterocycles. The Bertz CT molecular complexity index is 408. The van der Waals surface area contributed by atoms with E-state index >= 15 is 0 Å². The molecule has 0 radical (unpaired) electrons. The summed E-state index contributed by atoms with van der Waals surface area (Å²) in [5.74, 6) is 1.01.